The third-order valence-corrected chi connectivity index (χ3v) is 3.08. The number of rotatable bonds is 4. The number of Topliss-reactive ketones (excluding diaryl/α,β-unsaturated/α-hetero) is 1. The molecule has 0 bridgehead atoms. The third-order valence-electron chi connectivity index (χ3n) is 3.08. The number of anilines is 1. The lowest BCUT2D eigenvalue weighted by Crippen LogP contribution is -2.37. The van der Waals surface area contributed by atoms with Crippen LogP contribution >= 0.6 is 0 Å². The zero-order chi connectivity index (χ0) is 16.5. The molecule has 0 spiro atoms. The second kappa shape index (κ2) is 5.66. The fourth-order valence-corrected chi connectivity index (χ4v) is 2.08. The molecule has 0 saturated heterocycles. The fourth-order valence-electron chi connectivity index (χ4n) is 2.08. The highest BCUT2D eigenvalue weighted by Crippen LogP contribution is 2.35. The molecule has 2 amide bonds. The number of alkyl halides is 3. The van der Waals surface area contributed by atoms with Gasteiger partial charge in [-0.05, 0) is 18.1 Å². The maximum atomic E-state index is 12.1. The number of ether oxygens (including phenoxy) is 1. The first-order valence-electron chi connectivity index (χ1n) is 6.16. The number of hydrogen-bond donors (Lipinski definition) is 2. The molecule has 0 fully saturated rings. The monoisotopic (exact) mass is 316 g/mol. The largest absolute Gasteiger partial charge is 0.495 e. The Morgan fingerprint density at radius 3 is 2.59 bits per heavy atom. The van der Waals surface area contributed by atoms with Crippen LogP contribution in [0.5, 0.6) is 5.75 Å². The number of nitrogens with one attached hydrogen (secondary N) is 2. The number of amides is 2. The summed E-state index contributed by atoms with van der Waals surface area (Å²) in [6.07, 6.45) is -5.00. The van der Waals surface area contributed by atoms with Crippen LogP contribution in [-0.2, 0) is 16.0 Å². The van der Waals surface area contributed by atoms with Crippen molar-refractivity contribution >= 4 is 23.3 Å². The number of halogens is 3. The lowest BCUT2D eigenvalue weighted by molar-refractivity contribution is -0.173. The van der Waals surface area contributed by atoms with E-state index in [9.17, 15) is 27.6 Å². The van der Waals surface area contributed by atoms with Crippen molar-refractivity contribution in [1.82, 2.24) is 5.32 Å². The molecule has 0 saturated carbocycles. The van der Waals surface area contributed by atoms with Crippen molar-refractivity contribution in [3.8, 4) is 5.75 Å². The molecule has 1 aliphatic rings. The second-order valence-corrected chi connectivity index (χ2v) is 4.46. The van der Waals surface area contributed by atoms with Gasteiger partial charge in [0.1, 0.15) is 5.75 Å². The van der Waals surface area contributed by atoms with Gasteiger partial charge in [-0.25, -0.2) is 0 Å². The Morgan fingerprint density at radius 1 is 1.32 bits per heavy atom. The van der Waals surface area contributed by atoms with Gasteiger partial charge in [0.2, 0.25) is 0 Å². The van der Waals surface area contributed by atoms with Crippen molar-refractivity contribution in [2.24, 2.45) is 0 Å². The van der Waals surface area contributed by atoms with Crippen LogP contribution in [0, 0.1) is 0 Å². The van der Waals surface area contributed by atoms with Gasteiger partial charge >= 0.3 is 12.1 Å². The SMILES string of the molecule is COc1ccc(CCNC(=O)C(F)(F)F)c2c1NC(=O)C2=O. The van der Waals surface area contributed by atoms with Crippen LogP contribution in [-0.4, -0.2) is 37.4 Å². The van der Waals surface area contributed by atoms with Gasteiger partial charge in [0.05, 0.1) is 18.4 Å². The van der Waals surface area contributed by atoms with Crippen molar-refractivity contribution in [3.63, 3.8) is 0 Å². The Labute approximate surface area is 122 Å². The molecule has 22 heavy (non-hydrogen) atoms. The molecule has 2 N–H and O–H groups in total. The van der Waals surface area contributed by atoms with Crippen LogP contribution < -0.4 is 15.4 Å². The number of methoxy groups -OCH3 is 1. The molecule has 1 heterocycles. The molecular weight excluding hydrogens is 305 g/mol. The highest BCUT2D eigenvalue weighted by molar-refractivity contribution is 6.52. The number of fused-ring (bicyclic) bond motifs is 1. The van der Waals surface area contributed by atoms with Crippen molar-refractivity contribution in [2.75, 3.05) is 19.0 Å². The van der Waals surface area contributed by atoms with E-state index in [2.05, 4.69) is 5.32 Å². The number of benzene rings is 1. The van der Waals surface area contributed by atoms with Crippen LogP contribution in [0.4, 0.5) is 18.9 Å². The van der Waals surface area contributed by atoms with Crippen molar-refractivity contribution in [3.05, 3.63) is 23.3 Å². The van der Waals surface area contributed by atoms with E-state index >= 15 is 0 Å². The van der Waals surface area contributed by atoms with E-state index < -0.39 is 23.8 Å². The van der Waals surface area contributed by atoms with Crippen LogP contribution in [0.3, 0.4) is 0 Å². The molecule has 0 aliphatic carbocycles. The quantitative estimate of drug-likeness (QED) is 0.813. The molecule has 0 aromatic heterocycles. The predicted octanol–water partition coefficient (Wildman–Crippen LogP) is 1.05. The minimum absolute atomic E-state index is 0.0329. The zero-order valence-electron chi connectivity index (χ0n) is 11.3. The van der Waals surface area contributed by atoms with Crippen molar-refractivity contribution in [2.45, 2.75) is 12.6 Å². The topological polar surface area (TPSA) is 84.5 Å². The summed E-state index contributed by atoms with van der Waals surface area (Å²) in [5.74, 6) is -3.40. The molecule has 118 valence electrons. The average molecular weight is 316 g/mol. The average Bonchev–Trinajstić information content (AvgIpc) is 2.74. The van der Waals surface area contributed by atoms with E-state index in [-0.39, 0.29) is 30.0 Å². The first-order valence-corrected chi connectivity index (χ1v) is 6.16. The zero-order valence-corrected chi connectivity index (χ0v) is 11.3. The lowest BCUT2D eigenvalue weighted by Gasteiger charge is -2.11. The smallest absolute Gasteiger partial charge is 0.471 e. The summed E-state index contributed by atoms with van der Waals surface area (Å²) >= 11 is 0. The Balaban J connectivity index is 2.17. The van der Waals surface area contributed by atoms with Gasteiger partial charge in [-0.1, -0.05) is 6.07 Å². The van der Waals surface area contributed by atoms with Crippen molar-refractivity contribution in [1.29, 1.82) is 0 Å². The molecule has 1 aliphatic heterocycles. The van der Waals surface area contributed by atoms with Gasteiger partial charge in [0.15, 0.2) is 0 Å². The van der Waals surface area contributed by atoms with Gasteiger partial charge in [0, 0.05) is 6.54 Å². The highest BCUT2D eigenvalue weighted by atomic mass is 19.4. The first kappa shape index (κ1) is 15.8. The lowest BCUT2D eigenvalue weighted by atomic mass is 10.0. The molecule has 2 rings (SSSR count). The van der Waals surface area contributed by atoms with E-state index in [1.807, 2.05) is 0 Å². The standard InChI is InChI=1S/C13H11F3N2O4/c1-22-7-3-2-6(4-5-17-12(21)13(14,15)16)8-9(7)18-11(20)10(8)19/h2-3H,4-5H2,1H3,(H,17,21)(H,18,19,20). The molecular formula is C13H11F3N2O4. The maximum absolute atomic E-state index is 12.1. The van der Waals surface area contributed by atoms with Crippen LogP contribution in [0.2, 0.25) is 0 Å². The molecule has 9 heteroatoms. The van der Waals surface area contributed by atoms with Crippen LogP contribution in [0.1, 0.15) is 15.9 Å². The summed E-state index contributed by atoms with van der Waals surface area (Å²) in [4.78, 5) is 34.0. The second-order valence-electron chi connectivity index (χ2n) is 4.46. The molecule has 6 nitrogen and oxygen atoms in total. The molecule has 0 atom stereocenters. The van der Waals surface area contributed by atoms with E-state index in [4.69, 9.17) is 4.74 Å². The summed E-state index contributed by atoms with van der Waals surface area (Å²) < 4.78 is 41.2. The fraction of sp³-hybridized carbons (Fsp3) is 0.308. The highest BCUT2D eigenvalue weighted by Gasteiger charge is 2.38. The summed E-state index contributed by atoms with van der Waals surface area (Å²) in [5, 5.41) is 4.05. The molecule has 1 aromatic carbocycles. The summed E-state index contributed by atoms with van der Waals surface area (Å²) in [6, 6.07) is 2.95. The predicted molar refractivity (Wildman–Crippen MR) is 68.7 cm³/mol. The van der Waals surface area contributed by atoms with Gasteiger partial charge in [-0.15, -0.1) is 0 Å². The van der Waals surface area contributed by atoms with Crippen LogP contribution in [0.25, 0.3) is 0 Å². The van der Waals surface area contributed by atoms with E-state index in [1.54, 1.807) is 5.32 Å². The number of ketones is 1. The normalized spacial score (nSPS) is 13.6. The molecule has 0 unspecified atom stereocenters. The Morgan fingerprint density at radius 2 is 2.00 bits per heavy atom. The summed E-state index contributed by atoms with van der Waals surface area (Å²) in [7, 11) is 1.35. The van der Waals surface area contributed by atoms with Crippen LogP contribution in [0.15, 0.2) is 12.1 Å². The molecule has 1 aromatic rings. The summed E-state index contributed by atoms with van der Waals surface area (Å²) in [6.45, 7) is -0.321. The Hall–Kier alpha value is -2.58. The van der Waals surface area contributed by atoms with E-state index in [0.717, 1.165) is 0 Å². The molecule has 0 radical (unpaired) electrons. The van der Waals surface area contributed by atoms with Gasteiger partial charge in [-0.2, -0.15) is 13.2 Å². The Bertz CT molecular complexity index is 655. The summed E-state index contributed by atoms with van der Waals surface area (Å²) in [5.41, 5.74) is 0.601. The van der Waals surface area contributed by atoms with E-state index in [0.29, 0.717) is 5.56 Å². The minimum atomic E-state index is -4.96. The number of carbonyl (C=O) groups excluding carboxylic acids is 3. The first-order chi connectivity index (χ1) is 10.3. The minimum Gasteiger partial charge on any atom is -0.495 e. The van der Waals surface area contributed by atoms with Gasteiger partial charge in [0.25, 0.3) is 11.7 Å². The van der Waals surface area contributed by atoms with Gasteiger partial charge in [-0.3, -0.25) is 14.4 Å². The van der Waals surface area contributed by atoms with Gasteiger partial charge < -0.3 is 15.4 Å². The number of carbonyl (C=O) groups is 3. The Kier molecular flexibility index (Phi) is 4.07. The maximum Gasteiger partial charge on any atom is 0.471 e. The van der Waals surface area contributed by atoms with E-state index in [1.165, 1.54) is 19.2 Å². The third kappa shape index (κ3) is 2.87. The van der Waals surface area contributed by atoms with Crippen molar-refractivity contribution < 1.29 is 32.3 Å². The number of hydrogen-bond acceptors (Lipinski definition) is 4.